The first-order chi connectivity index (χ1) is 7.17. The van der Waals surface area contributed by atoms with Gasteiger partial charge in [0, 0.05) is 16.8 Å². The van der Waals surface area contributed by atoms with Crippen LogP contribution < -0.4 is 0 Å². The highest BCUT2D eigenvalue weighted by atomic mass is 32.2. The summed E-state index contributed by atoms with van der Waals surface area (Å²) in [7, 11) is 0. The Kier molecular flexibility index (Phi) is 5.08. The van der Waals surface area contributed by atoms with Gasteiger partial charge in [-0.25, -0.2) is 4.39 Å². The zero-order valence-corrected chi connectivity index (χ0v) is 9.43. The fourth-order valence-electron chi connectivity index (χ4n) is 1.24. The van der Waals surface area contributed by atoms with Gasteiger partial charge in [0.25, 0.3) is 0 Å². The summed E-state index contributed by atoms with van der Waals surface area (Å²) in [5.41, 5.74) is 0.602. The molecule has 0 amide bonds. The minimum atomic E-state index is -0.335. The van der Waals surface area contributed by atoms with Crippen LogP contribution in [0.1, 0.15) is 18.9 Å². The first-order valence-corrected chi connectivity index (χ1v) is 5.72. The van der Waals surface area contributed by atoms with E-state index in [0.717, 1.165) is 4.90 Å². The van der Waals surface area contributed by atoms with E-state index in [1.54, 1.807) is 17.8 Å². The van der Waals surface area contributed by atoms with Crippen LogP contribution >= 0.6 is 11.8 Å². The molecular weight excluding hydrogens is 215 g/mol. The molecule has 0 spiro atoms. The molecule has 1 aromatic carbocycles. The molecule has 1 atom stereocenters. The second kappa shape index (κ2) is 6.10. The second-order valence-corrected chi connectivity index (χ2v) is 4.83. The van der Waals surface area contributed by atoms with E-state index in [-0.39, 0.29) is 24.3 Å². The number of benzene rings is 1. The van der Waals surface area contributed by atoms with Gasteiger partial charge in [0.15, 0.2) is 0 Å². The number of halogens is 1. The molecule has 0 aliphatic rings. The first kappa shape index (κ1) is 12.5. The quantitative estimate of drug-likeness (QED) is 0.762. The van der Waals surface area contributed by atoms with Crippen LogP contribution in [-0.2, 0) is 6.61 Å². The molecule has 2 N–H and O–H groups in total. The molecule has 0 saturated carbocycles. The average Bonchev–Trinajstić information content (AvgIpc) is 2.21. The number of rotatable bonds is 5. The van der Waals surface area contributed by atoms with Gasteiger partial charge in [-0.1, -0.05) is 6.92 Å². The van der Waals surface area contributed by atoms with Crippen molar-refractivity contribution < 1.29 is 14.6 Å². The maximum absolute atomic E-state index is 12.9. The molecule has 0 bridgehead atoms. The number of aliphatic hydroxyl groups excluding tert-OH is 2. The molecule has 4 heteroatoms. The largest absolute Gasteiger partial charge is 0.396 e. The lowest BCUT2D eigenvalue weighted by molar-refractivity contribution is 0.278. The van der Waals surface area contributed by atoms with E-state index < -0.39 is 0 Å². The van der Waals surface area contributed by atoms with Crippen molar-refractivity contribution in [2.45, 2.75) is 30.1 Å². The summed E-state index contributed by atoms with van der Waals surface area (Å²) in [4.78, 5) is 0.875. The standard InChI is InChI=1S/C11H15FO2S/c1-8(4-5-13)15-11-3-2-10(12)6-9(11)7-14/h2-3,6,8,13-14H,4-5,7H2,1H3. The van der Waals surface area contributed by atoms with E-state index in [1.807, 2.05) is 6.92 Å². The maximum atomic E-state index is 12.9. The highest BCUT2D eigenvalue weighted by Gasteiger charge is 2.08. The summed E-state index contributed by atoms with van der Waals surface area (Å²) in [6.45, 7) is 1.97. The third kappa shape index (κ3) is 3.81. The highest BCUT2D eigenvalue weighted by molar-refractivity contribution is 8.00. The normalized spacial score (nSPS) is 12.8. The zero-order valence-electron chi connectivity index (χ0n) is 8.61. The van der Waals surface area contributed by atoms with E-state index in [9.17, 15) is 4.39 Å². The monoisotopic (exact) mass is 230 g/mol. The van der Waals surface area contributed by atoms with Gasteiger partial charge in [-0.3, -0.25) is 0 Å². The van der Waals surface area contributed by atoms with Gasteiger partial charge in [-0.2, -0.15) is 0 Å². The van der Waals surface area contributed by atoms with Crippen molar-refractivity contribution >= 4 is 11.8 Å². The third-order valence-corrected chi connectivity index (χ3v) is 3.35. The van der Waals surface area contributed by atoms with Crippen molar-refractivity contribution in [3.63, 3.8) is 0 Å². The van der Waals surface area contributed by atoms with E-state index in [1.165, 1.54) is 12.1 Å². The van der Waals surface area contributed by atoms with Crippen molar-refractivity contribution in [1.82, 2.24) is 0 Å². The molecule has 84 valence electrons. The SMILES string of the molecule is CC(CCO)Sc1ccc(F)cc1CO. The summed E-state index contributed by atoms with van der Waals surface area (Å²) >= 11 is 1.54. The predicted octanol–water partition coefficient (Wildman–Crippen LogP) is 2.18. The van der Waals surface area contributed by atoms with Crippen molar-refractivity contribution in [1.29, 1.82) is 0 Å². The molecule has 0 radical (unpaired) electrons. The van der Waals surface area contributed by atoms with Crippen LogP contribution in [0.15, 0.2) is 23.1 Å². The second-order valence-electron chi connectivity index (χ2n) is 3.35. The molecule has 0 aliphatic carbocycles. The Bertz CT molecular complexity index is 317. The molecule has 0 aliphatic heterocycles. The smallest absolute Gasteiger partial charge is 0.123 e. The Labute approximate surface area is 93.1 Å². The van der Waals surface area contributed by atoms with Crippen LogP contribution in [0, 0.1) is 5.82 Å². The van der Waals surface area contributed by atoms with Crippen LogP contribution in [0.5, 0.6) is 0 Å². The topological polar surface area (TPSA) is 40.5 Å². The number of hydrogen-bond donors (Lipinski definition) is 2. The lowest BCUT2D eigenvalue weighted by Gasteiger charge is -2.12. The van der Waals surface area contributed by atoms with Gasteiger partial charge in [-0.05, 0) is 30.2 Å². The van der Waals surface area contributed by atoms with Gasteiger partial charge < -0.3 is 10.2 Å². The maximum Gasteiger partial charge on any atom is 0.123 e. The van der Waals surface area contributed by atoms with Crippen LogP contribution in [0.3, 0.4) is 0 Å². The Morgan fingerprint density at radius 3 is 2.73 bits per heavy atom. The molecule has 2 nitrogen and oxygen atoms in total. The van der Waals surface area contributed by atoms with Crippen LogP contribution in [0.4, 0.5) is 4.39 Å². The van der Waals surface area contributed by atoms with Gasteiger partial charge in [0.05, 0.1) is 6.61 Å². The van der Waals surface area contributed by atoms with Gasteiger partial charge in [0.1, 0.15) is 5.82 Å². The Morgan fingerprint density at radius 2 is 2.13 bits per heavy atom. The molecule has 0 saturated heterocycles. The highest BCUT2D eigenvalue weighted by Crippen LogP contribution is 2.28. The lowest BCUT2D eigenvalue weighted by atomic mass is 10.2. The summed E-state index contributed by atoms with van der Waals surface area (Å²) < 4.78 is 12.9. The molecule has 1 aromatic rings. The number of aliphatic hydroxyl groups is 2. The molecule has 0 aromatic heterocycles. The van der Waals surface area contributed by atoms with E-state index in [4.69, 9.17) is 10.2 Å². The van der Waals surface area contributed by atoms with Crippen molar-refractivity contribution in [3.8, 4) is 0 Å². The molecule has 1 unspecified atom stereocenters. The summed E-state index contributed by atoms with van der Waals surface area (Å²) in [6, 6.07) is 4.39. The van der Waals surface area contributed by atoms with Crippen molar-refractivity contribution in [2.24, 2.45) is 0 Å². The fraction of sp³-hybridized carbons (Fsp3) is 0.455. The summed E-state index contributed by atoms with van der Waals surface area (Å²) in [5, 5.41) is 18.1. The zero-order chi connectivity index (χ0) is 11.3. The van der Waals surface area contributed by atoms with Crippen LogP contribution in [0.25, 0.3) is 0 Å². The van der Waals surface area contributed by atoms with Gasteiger partial charge >= 0.3 is 0 Å². The van der Waals surface area contributed by atoms with Crippen LogP contribution in [-0.4, -0.2) is 22.1 Å². The number of hydrogen-bond acceptors (Lipinski definition) is 3. The average molecular weight is 230 g/mol. The molecule has 0 heterocycles. The summed E-state index contributed by atoms with van der Waals surface area (Å²) in [6.07, 6.45) is 0.687. The minimum absolute atomic E-state index is 0.143. The van der Waals surface area contributed by atoms with E-state index >= 15 is 0 Å². The lowest BCUT2D eigenvalue weighted by Crippen LogP contribution is -2.00. The Balaban J connectivity index is 2.75. The fourth-order valence-corrected chi connectivity index (χ4v) is 2.32. The molecule has 0 fully saturated rings. The van der Waals surface area contributed by atoms with Crippen molar-refractivity contribution in [3.05, 3.63) is 29.6 Å². The molecule has 1 rings (SSSR count). The number of thioether (sulfide) groups is 1. The van der Waals surface area contributed by atoms with Crippen LogP contribution in [0.2, 0.25) is 0 Å². The molecular formula is C11H15FO2S. The van der Waals surface area contributed by atoms with E-state index in [0.29, 0.717) is 12.0 Å². The first-order valence-electron chi connectivity index (χ1n) is 4.84. The minimum Gasteiger partial charge on any atom is -0.396 e. The van der Waals surface area contributed by atoms with Gasteiger partial charge in [0.2, 0.25) is 0 Å². The predicted molar refractivity (Wildman–Crippen MR) is 59.3 cm³/mol. The Morgan fingerprint density at radius 1 is 1.40 bits per heavy atom. The third-order valence-electron chi connectivity index (χ3n) is 2.06. The van der Waals surface area contributed by atoms with Gasteiger partial charge in [-0.15, -0.1) is 11.8 Å². The molecule has 15 heavy (non-hydrogen) atoms. The Hall–Kier alpha value is -0.580. The summed E-state index contributed by atoms with van der Waals surface area (Å²) in [5.74, 6) is -0.335. The van der Waals surface area contributed by atoms with E-state index in [2.05, 4.69) is 0 Å². The van der Waals surface area contributed by atoms with Crippen molar-refractivity contribution in [2.75, 3.05) is 6.61 Å².